The smallest absolute Gasteiger partial charge is 0.280 e. The van der Waals surface area contributed by atoms with Gasteiger partial charge in [0.05, 0.1) is 11.4 Å². The molecule has 1 fully saturated rings. The largest absolute Gasteiger partial charge is 0.369 e. The van der Waals surface area contributed by atoms with Gasteiger partial charge in [-0.15, -0.1) is 0 Å². The lowest BCUT2D eigenvalue weighted by atomic mass is 9.96. The number of carbonyl (C=O) groups excluding carboxylic acids is 2. The molecule has 1 aliphatic rings. The normalized spacial score (nSPS) is 14.5. The Morgan fingerprint density at radius 3 is 2.37 bits per heavy atom. The van der Waals surface area contributed by atoms with Gasteiger partial charge in [-0.25, -0.2) is 9.36 Å². The van der Waals surface area contributed by atoms with E-state index in [1.54, 1.807) is 28.6 Å². The second kappa shape index (κ2) is 9.03. The van der Waals surface area contributed by atoms with Crippen molar-refractivity contribution in [3.05, 3.63) is 69.9 Å². The summed E-state index contributed by atoms with van der Waals surface area (Å²) in [5, 5.41) is 10.1. The van der Waals surface area contributed by atoms with Gasteiger partial charge in [-0.1, -0.05) is 11.6 Å². The van der Waals surface area contributed by atoms with Gasteiger partial charge in [0.25, 0.3) is 5.56 Å². The number of nitrogens with two attached hydrogens (primary N) is 1. The molecule has 180 valence electrons. The van der Waals surface area contributed by atoms with E-state index < -0.39 is 5.56 Å². The fourth-order valence-electron chi connectivity index (χ4n) is 4.49. The minimum absolute atomic E-state index is 0.200. The number of rotatable bonds is 5. The maximum atomic E-state index is 13.6. The molecule has 0 bridgehead atoms. The molecule has 1 aromatic carbocycles. The minimum atomic E-state index is -0.408. The molecule has 0 aliphatic carbocycles. The van der Waals surface area contributed by atoms with E-state index >= 15 is 0 Å². The average molecular weight is 494 g/mol. The number of likely N-dealkylation sites (tertiary alicyclic amines) is 1. The van der Waals surface area contributed by atoms with Crippen molar-refractivity contribution in [2.75, 3.05) is 13.1 Å². The molecule has 11 heteroatoms. The van der Waals surface area contributed by atoms with E-state index in [1.807, 2.05) is 41.2 Å². The zero-order valence-electron chi connectivity index (χ0n) is 19.1. The summed E-state index contributed by atoms with van der Waals surface area (Å²) in [4.78, 5) is 39.7. The van der Waals surface area contributed by atoms with Gasteiger partial charge in [0.15, 0.2) is 5.82 Å². The van der Waals surface area contributed by atoms with Crippen LogP contribution in [0.25, 0.3) is 22.4 Å². The Morgan fingerprint density at radius 2 is 1.74 bits per heavy atom. The lowest BCUT2D eigenvalue weighted by Gasteiger charge is -2.30. The zero-order valence-corrected chi connectivity index (χ0v) is 19.9. The topological polar surface area (TPSA) is 121 Å². The number of aromatic nitrogens is 5. The number of benzene rings is 1. The van der Waals surface area contributed by atoms with Crippen LogP contribution >= 0.6 is 11.6 Å². The van der Waals surface area contributed by atoms with Crippen LogP contribution in [0.5, 0.6) is 0 Å². The van der Waals surface area contributed by atoms with Crippen molar-refractivity contribution in [3.63, 3.8) is 0 Å². The van der Waals surface area contributed by atoms with E-state index in [-0.39, 0.29) is 24.3 Å². The number of hydrogen-bond donors (Lipinski definition) is 1. The third kappa shape index (κ3) is 4.21. The summed E-state index contributed by atoms with van der Waals surface area (Å²) >= 11 is 6.07. The quantitative estimate of drug-likeness (QED) is 0.456. The number of nitrogens with zero attached hydrogens (tertiary/aromatic N) is 6. The summed E-state index contributed by atoms with van der Waals surface area (Å²) in [7, 11) is 0. The Bertz CT molecular complexity index is 1460. The molecule has 0 saturated carbocycles. The van der Waals surface area contributed by atoms with E-state index in [9.17, 15) is 14.4 Å². The average Bonchev–Trinajstić information content (AvgIpc) is 3.51. The Labute approximate surface area is 205 Å². The highest BCUT2D eigenvalue weighted by Gasteiger charge is 2.27. The van der Waals surface area contributed by atoms with Crippen LogP contribution in [0, 0.1) is 12.8 Å². The Kier molecular flexibility index (Phi) is 5.89. The summed E-state index contributed by atoms with van der Waals surface area (Å²) in [5.74, 6) is -0.243. The molecule has 3 aromatic heterocycles. The van der Waals surface area contributed by atoms with Crippen LogP contribution in [0.1, 0.15) is 18.5 Å². The molecule has 5 rings (SSSR count). The lowest BCUT2D eigenvalue weighted by Crippen LogP contribution is -2.44. The molecule has 35 heavy (non-hydrogen) atoms. The van der Waals surface area contributed by atoms with Crippen LogP contribution in [-0.2, 0) is 16.1 Å². The number of piperidine rings is 1. The van der Waals surface area contributed by atoms with E-state index in [0.717, 1.165) is 5.69 Å². The van der Waals surface area contributed by atoms with Gasteiger partial charge >= 0.3 is 0 Å². The number of primary amides is 1. The number of amides is 2. The van der Waals surface area contributed by atoms with E-state index in [2.05, 4.69) is 5.10 Å². The Balaban J connectivity index is 1.56. The molecule has 2 amide bonds. The molecule has 0 radical (unpaired) electrons. The molecule has 0 spiro atoms. The molecule has 4 aromatic rings. The predicted octanol–water partition coefficient (Wildman–Crippen LogP) is 2.06. The second-order valence-corrected chi connectivity index (χ2v) is 9.07. The van der Waals surface area contributed by atoms with Crippen molar-refractivity contribution in [3.8, 4) is 11.5 Å². The van der Waals surface area contributed by atoms with Crippen LogP contribution in [-0.4, -0.2) is 53.9 Å². The highest BCUT2D eigenvalue weighted by Crippen LogP contribution is 2.25. The summed E-state index contributed by atoms with van der Waals surface area (Å²) in [5.41, 5.74) is 6.70. The van der Waals surface area contributed by atoms with Gasteiger partial charge in [-0.05, 0) is 56.2 Å². The molecule has 1 aliphatic heterocycles. The summed E-state index contributed by atoms with van der Waals surface area (Å²) in [6, 6.07) is 10.9. The van der Waals surface area contributed by atoms with Crippen LogP contribution < -0.4 is 11.3 Å². The molecule has 0 atom stereocenters. The number of fused-ring (bicyclic) bond motifs is 1. The van der Waals surface area contributed by atoms with Crippen LogP contribution in [0.15, 0.2) is 53.6 Å². The SMILES string of the molecule is Cc1nn(CC(=O)N2CCC(C(N)=O)CC2)c(=O)c2c(-n3cccc3)n(-c3ccc(Cl)cc3)nc12. The molecular formula is C24H24ClN7O3. The first kappa shape index (κ1) is 22.9. The van der Waals surface area contributed by atoms with Crippen molar-refractivity contribution in [1.29, 1.82) is 0 Å². The summed E-state index contributed by atoms with van der Waals surface area (Å²) in [6.45, 7) is 2.41. The molecular weight excluding hydrogens is 470 g/mol. The lowest BCUT2D eigenvalue weighted by molar-refractivity contribution is -0.135. The van der Waals surface area contributed by atoms with Crippen molar-refractivity contribution >= 4 is 34.3 Å². The second-order valence-electron chi connectivity index (χ2n) is 8.63. The van der Waals surface area contributed by atoms with Gasteiger partial charge in [0.2, 0.25) is 11.8 Å². The fraction of sp³-hybridized carbons (Fsp3) is 0.292. The molecule has 4 heterocycles. The summed E-state index contributed by atoms with van der Waals surface area (Å²) < 4.78 is 4.68. The molecule has 0 unspecified atom stereocenters. The van der Waals surface area contributed by atoms with Crippen LogP contribution in [0.2, 0.25) is 5.02 Å². The van der Waals surface area contributed by atoms with E-state index in [0.29, 0.717) is 53.4 Å². The summed E-state index contributed by atoms with van der Waals surface area (Å²) in [6.07, 6.45) is 4.70. The molecule has 10 nitrogen and oxygen atoms in total. The van der Waals surface area contributed by atoms with Crippen molar-refractivity contribution < 1.29 is 9.59 Å². The maximum Gasteiger partial charge on any atom is 0.280 e. The highest BCUT2D eigenvalue weighted by atomic mass is 35.5. The fourth-order valence-corrected chi connectivity index (χ4v) is 4.61. The predicted molar refractivity (Wildman–Crippen MR) is 131 cm³/mol. The Hall–Kier alpha value is -3.92. The van der Waals surface area contributed by atoms with E-state index in [4.69, 9.17) is 22.4 Å². The van der Waals surface area contributed by atoms with Crippen molar-refractivity contribution in [2.24, 2.45) is 11.7 Å². The monoisotopic (exact) mass is 493 g/mol. The van der Waals surface area contributed by atoms with E-state index in [1.165, 1.54) is 4.68 Å². The molecule has 2 N–H and O–H groups in total. The van der Waals surface area contributed by atoms with Gasteiger partial charge in [0.1, 0.15) is 17.4 Å². The number of carbonyl (C=O) groups is 2. The first-order valence-corrected chi connectivity index (χ1v) is 11.7. The number of halogens is 1. The van der Waals surface area contributed by atoms with Gasteiger partial charge in [0, 0.05) is 36.4 Å². The van der Waals surface area contributed by atoms with Crippen LogP contribution in [0.4, 0.5) is 0 Å². The third-order valence-corrected chi connectivity index (χ3v) is 6.63. The van der Waals surface area contributed by atoms with Crippen molar-refractivity contribution in [1.82, 2.24) is 29.0 Å². The third-order valence-electron chi connectivity index (χ3n) is 6.38. The van der Waals surface area contributed by atoms with Gasteiger partial charge < -0.3 is 15.2 Å². The van der Waals surface area contributed by atoms with Crippen molar-refractivity contribution in [2.45, 2.75) is 26.3 Å². The maximum absolute atomic E-state index is 13.6. The Morgan fingerprint density at radius 1 is 1.09 bits per heavy atom. The number of aryl methyl sites for hydroxylation is 1. The first-order valence-electron chi connectivity index (χ1n) is 11.3. The zero-order chi connectivity index (χ0) is 24.7. The van der Waals surface area contributed by atoms with Gasteiger partial charge in [-0.3, -0.25) is 14.4 Å². The van der Waals surface area contributed by atoms with Gasteiger partial charge in [-0.2, -0.15) is 10.2 Å². The number of hydrogen-bond acceptors (Lipinski definition) is 5. The standard InChI is InChI=1S/C24H24ClN7O3/c1-15-21-20(23(30-10-2-3-11-30)32(28-21)18-6-4-17(25)5-7-18)24(35)31(27-15)14-19(33)29-12-8-16(9-13-29)22(26)34/h2-7,10-11,16H,8-9,12-14H2,1H3,(H2,26,34). The highest BCUT2D eigenvalue weighted by molar-refractivity contribution is 6.30. The van der Waals surface area contributed by atoms with Crippen LogP contribution in [0.3, 0.4) is 0 Å². The first-order chi connectivity index (χ1) is 16.8. The minimum Gasteiger partial charge on any atom is -0.369 e. The molecule has 1 saturated heterocycles.